The molecule has 0 fully saturated rings. The molecule has 0 aliphatic rings. The predicted octanol–water partition coefficient (Wildman–Crippen LogP) is 4.57. The molecule has 0 aliphatic heterocycles. The minimum atomic E-state index is 0.362. The van der Waals surface area contributed by atoms with Crippen LogP contribution in [0.25, 0.3) is 0 Å². The molecule has 2 aromatic rings. The van der Waals surface area contributed by atoms with Crippen molar-refractivity contribution in [2.45, 2.75) is 26.3 Å². The maximum absolute atomic E-state index is 3.48. The minimum Gasteiger partial charge on any atom is -0.313 e. The van der Waals surface area contributed by atoms with Gasteiger partial charge in [0.2, 0.25) is 0 Å². The first-order chi connectivity index (χ1) is 9.10. The summed E-state index contributed by atoms with van der Waals surface area (Å²) in [6.07, 6.45) is 1.01. The Morgan fingerprint density at radius 2 is 1.68 bits per heavy atom. The lowest BCUT2D eigenvalue weighted by molar-refractivity contribution is 0.591. The van der Waals surface area contributed by atoms with Gasteiger partial charge in [-0.25, -0.2) is 0 Å². The minimum absolute atomic E-state index is 0.362. The van der Waals surface area contributed by atoms with Crippen molar-refractivity contribution in [1.29, 1.82) is 0 Å². The van der Waals surface area contributed by atoms with Crippen LogP contribution < -0.4 is 5.32 Å². The van der Waals surface area contributed by atoms with Gasteiger partial charge < -0.3 is 5.32 Å². The maximum Gasteiger partial charge on any atom is 0.0358 e. The molecule has 1 unspecified atom stereocenters. The van der Waals surface area contributed by atoms with Gasteiger partial charge in [-0.1, -0.05) is 46.3 Å². The highest BCUT2D eigenvalue weighted by molar-refractivity contribution is 9.10. The summed E-state index contributed by atoms with van der Waals surface area (Å²) in [7, 11) is 2.03. The van der Waals surface area contributed by atoms with Crippen molar-refractivity contribution in [2.75, 3.05) is 7.05 Å². The van der Waals surface area contributed by atoms with E-state index in [1.807, 2.05) is 7.05 Å². The van der Waals surface area contributed by atoms with Crippen molar-refractivity contribution < 1.29 is 0 Å². The van der Waals surface area contributed by atoms with E-state index in [0.29, 0.717) is 6.04 Å². The van der Waals surface area contributed by atoms with Gasteiger partial charge in [-0.15, -0.1) is 0 Å². The molecular weight excluding hydrogens is 298 g/mol. The van der Waals surface area contributed by atoms with Gasteiger partial charge in [-0.05, 0) is 61.7 Å². The van der Waals surface area contributed by atoms with Crippen LogP contribution in [0.5, 0.6) is 0 Å². The fourth-order valence-electron chi connectivity index (χ4n) is 2.22. The van der Waals surface area contributed by atoms with E-state index < -0.39 is 0 Å². The normalized spacial score (nSPS) is 12.4. The lowest BCUT2D eigenvalue weighted by Gasteiger charge is -2.18. The average molecular weight is 318 g/mol. The van der Waals surface area contributed by atoms with Gasteiger partial charge in [0, 0.05) is 10.5 Å². The van der Waals surface area contributed by atoms with Gasteiger partial charge in [0.25, 0.3) is 0 Å². The molecule has 0 bridgehead atoms. The fourth-order valence-corrected chi connectivity index (χ4v) is 2.49. The molecule has 0 radical (unpaired) electrons. The van der Waals surface area contributed by atoms with Gasteiger partial charge in [0.15, 0.2) is 0 Å². The summed E-state index contributed by atoms with van der Waals surface area (Å²) >= 11 is 3.48. The Balaban J connectivity index is 2.19. The zero-order valence-corrected chi connectivity index (χ0v) is 13.3. The largest absolute Gasteiger partial charge is 0.313 e. The zero-order valence-electron chi connectivity index (χ0n) is 11.7. The van der Waals surface area contributed by atoms with Gasteiger partial charge in [0.1, 0.15) is 0 Å². The van der Waals surface area contributed by atoms with Crippen molar-refractivity contribution in [3.8, 4) is 0 Å². The van der Waals surface area contributed by atoms with Crippen LogP contribution in [0.4, 0.5) is 0 Å². The Labute approximate surface area is 124 Å². The van der Waals surface area contributed by atoms with Crippen LogP contribution >= 0.6 is 15.9 Å². The van der Waals surface area contributed by atoms with E-state index in [2.05, 4.69) is 77.6 Å². The number of likely N-dealkylation sites (N-methyl/N-ethyl adjacent to an activating group) is 1. The van der Waals surface area contributed by atoms with E-state index in [1.165, 1.54) is 22.3 Å². The highest BCUT2D eigenvalue weighted by atomic mass is 79.9. The fraction of sp³-hybridized carbons (Fsp3) is 0.294. The first-order valence-electron chi connectivity index (χ1n) is 6.59. The highest BCUT2D eigenvalue weighted by Crippen LogP contribution is 2.21. The Kier molecular flexibility index (Phi) is 4.78. The van der Waals surface area contributed by atoms with E-state index >= 15 is 0 Å². The second-order valence-corrected chi connectivity index (χ2v) is 5.93. The Hall–Kier alpha value is -1.12. The molecule has 19 heavy (non-hydrogen) atoms. The molecule has 2 rings (SSSR count). The number of halogens is 1. The molecule has 2 heteroatoms. The summed E-state index contributed by atoms with van der Waals surface area (Å²) in [6.45, 7) is 4.33. The van der Waals surface area contributed by atoms with E-state index in [1.54, 1.807) is 0 Å². The summed E-state index contributed by atoms with van der Waals surface area (Å²) in [5.41, 5.74) is 5.41. The lowest BCUT2D eigenvalue weighted by atomic mass is 9.96. The van der Waals surface area contributed by atoms with Gasteiger partial charge in [-0.2, -0.15) is 0 Å². The standard InChI is InChI=1S/C17H20BrN/c1-12-4-7-15(10-13(12)2)17(19-3)11-14-5-8-16(18)9-6-14/h4-10,17,19H,11H2,1-3H3. The number of rotatable bonds is 4. The molecule has 0 aromatic heterocycles. The quantitative estimate of drug-likeness (QED) is 0.871. The first-order valence-corrected chi connectivity index (χ1v) is 7.38. The maximum atomic E-state index is 3.48. The first kappa shape index (κ1) is 14.3. The molecule has 0 saturated heterocycles. The third-order valence-electron chi connectivity index (χ3n) is 3.63. The van der Waals surface area contributed by atoms with Crippen LogP contribution in [0, 0.1) is 13.8 Å². The SMILES string of the molecule is CNC(Cc1ccc(Br)cc1)c1ccc(C)c(C)c1. The van der Waals surface area contributed by atoms with Crippen molar-refractivity contribution in [2.24, 2.45) is 0 Å². The van der Waals surface area contributed by atoms with Crippen molar-refractivity contribution in [1.82, 2.24) is 5.32 Å². The molecule has 100 valence electrons. The lowest BCUT2D eigenvalue weighted by Crippen LogP contribution is -2.19. The predicted molar refractivity (Wildman–Crippen MR) is 85.6 cm³/mol. The molecule has 1 atom stereocenters. The van der Waals surface area contributed by atoms with E-state index in [9.17, 15) is 0 Å². The highest BCUT2D eigenvalue weighted by Gasteiger charge is 2.10. The van der Waals surface area contributed by atoms with Crippen LogP contribution in [0.3, 0.4) is 0 Å². The summed E-state index contributed by atoms with van der Waals surface area (Å²) in [5, 5.41) is 3.42. The Morgan fingerprint density at radius 3 is 2.26 bits per heavy atom. The smallest absolute Gasteiger partial charge is 0.0358 e. The van der Waals surface area contributed by atoms with Crippen LogP contribution in [-0.2, 0) is 6.42 Å². The molecule has 0 amide bonds. The molecule has 0 spiro atoms. The van der Waals surface area contributed by atoms with Gasteiger partial charge in [0.05, 0.1) is 0 Å². The topological polar surface area (TPSA) is 12.0 Å². The van der Waals surface area contributed by atoms with Crippen LogP contribution in [0.2, 0.25) is 0 Å². The average Bonchev–Trinajstić information content (AvgIpc) is 2.41. The second-order valence-electron chi connectivity index (χ2n) is 5.02. The monoisotopic (exact) mass is 317 g/mol. The third kappa shape index (κ3) is 3.68. The molecule has 0 aliphatic carbocycles. The van der Waals surface area contributed by atoms with Gasteiger partial charge >= 0.3 is 0 Å². The molecule has 1 nitrogen and oxygen atoms in total. The van der Waals surface area contributed by atoms with Gasteiger partial charge in [-0.3, -0.25) is 0 Å². The Bertz CT molecular complexity index is 546. The number of aryl methyl sites for hydroxylation is 2. The number of hydrogen-bond donors (Lipinski definition) is 1. The zero-order chi connectivity index (χ0) is 13.8. The van der Waals surface area contributed by atoms with Crippen molar-refractivity contribution >= 4 is 15.9 Å². The summed E-state index contributed by atoms with van der Waals surface area (Å²) in [5.74, 6) is 0. The van der Waals surface area contributed by atoms with Crippen molar-refractivity contribution in [3.63, 3.8) is 0 Å². The van der Waals surface area contributed by atoms with Crippen LogP contribution in [-0.4, -0.2) is 7.05 Å². The number of benzene rings is 2. The second kappa shape index (κ2) is 6.36. The molecule has 1 N–H and O–H groups in total. The van der Waals surface area contributed by atoms with Crippen LogP contribution in [0.15, 0.2) is 46.9 Å². The van der Waals surface area contributed by atoms with Crippen LogP contribution in [0.1, 0.15) is 28.3 Å². The molecular formula is C17H20BrN. The third-order valence-corrected chi connectivity index (χ3v) is 4.16. The molecule has 0 saturated carbocycles. The summed E-state index contributed by atoms with van der Waals surface area (Å²) in [4.78, 5) is 0. The van der Waals surface area contributed by atoms with Crippen molar-refractivity contribution in [3.05, 3.63) is 69.2 Å². The van der Waals surface area contributed by atoms with E-state index in [4.69, 9.17) is 0 Å². The molecule has 2 aromatic carbocycles. The van der Waals surface area contributed by atoms with E-state index in [0.717, 1.165) is 10.9 Å². The number of nitrogens with one attached hydrogen (secondary N) is 1. The summed E-state index contributed by atoms with van der Waals surface area (Å²) < 4.78 is 1.13. The van der Waals surface area contributed by atoms with E-state index in [-0.39, 0.29) is 0 Å². The Morgan fingerprint density at radius 1 is 1.00 bits per heavy atom. The number of hydrogen-bond acceptors (Lipinski definition) is 1. The molecule has 0 heterocycles. The summed E-state index contributed by atoms with van der Waals surface area (Å²) in [6, 6.07) is 15.6.